The Balaban J connectivity index is 1.83. The first-order valence-electron chi connectivity index (χ1n) is 7.88. The normalized spacial score (nSPS) is 19.9. The number of carboxylic acids is 1. The summed E-state index contributed by atoms with van der Waals surface area (Å²) in [6.07, 6.45) is 0.360. The Morgan fingerprint density at radius 3 is 2.36 bits per heavy atom. The SMILES string of the molecule is CC1(C(=O)O)CCN(C(=O)c2ccc(-c3ccc(Cl)cc3)cc2F)C1. The fourth-order valence-electron chi connectivity index (χ4n) is 2.99. The summed E-state index contributed by atoms with van der Waals surface area (Å²) in [6, 6.07) is 11.4. The highest BCUT2D eigenvalue weighted by atomic mass is 35.5. The van der Waals surface area contributed by atoms with Gasteiger partial charge >= 0.3 is 5.97 Å². The number of likely N-dealkylation sites (tertiary alicyclic amines) is 1. The average molecular weight is 362 g/mol. The second-order valence-corrected chi connectivity index (χ2v) is 6.98. The monoisotopic (exact) mass is 361 g/mol. The molecule has 130 valence electrons. The molecule has 0 aromatic heterocycles. The van der Waals surface area contributed by atoms with E-state index in [-0.39, 0.29) is 12.1 Å². The van der Waals surface area contributed by atoms with Crippen LogP contribution in [0, 0.1) is 11.2 Å². The van der Waals surface area contributed by atoms with Gasteiger partial charge in [-0.25, -0.2) is 4.39 Å². The maximum Gasteiger partial charge on any atom is 0.311 e. The molecule has 2 aromatic rings. The van der Waals surface area contributed by atoms with Crippen molar-refractivity contribution in [3.63, 3.8) is 0 Å². The van der Waals surface area contributed by atoms with Crippen LogP contribution in [-0.2, 0) is 4.79 Å². The summed E-state index contributed by atoms with van der Waals surface area (Å²) in [5, 5.41) is 9.85. The number of hydrogen-bond acceptors (Lipinski definition) is 2. The van der Waals surface area contributed by atoms with Crippen molar-refractivity contribution in [3.8, 4) is 11.1 Å². The molecule has 4 nitrogen and oxygen atoms in total. The maximum absolute atomic E-state index is 14.5. The van der Waals surface area contributed by atoms with Crippen LogP contribution in [0.15, 0.2) is 42.5 Å². The van der Waals surface area contributed by atoms with Crippen molar-refractivity contribution in [2.45, 2.75) is 13.3 Å². The second kappa shape index (κ2) is 6.48. The molecule has 25 heavy (non-hydrogen) atoms. The van der Waals surface area contributed by atoms with Crippen molar-refractivity contribution in [2.75, 3.05) is 13.1 Å². The standard InChI is InChI=1S/C19H17ClFNO3/c1-19(18(24)25)8-9-22(11-19)17(23)15-7-4-13(10-16(15)21)12-2-5-14(20)6-3-12/h2-7,10H,8-9,11H2,1H3,(H,24,25). The molecule has 1 saturated heterocycles. The Hall–Kier alpha value is -2.40. The molecule has 1 atom stereocenters. The number of aliphatic carboxylic acids is 1. The van der Waals surface area contributed by atoms with Crippen molar-refractivity contribution in [3.05, 3.63) is 58.9 Å². The minimum absolute atomic E-state index is 0.0487. The molecule has 1 fully saturated rings. The van der Waals surface area contributed by atoms with E-state index < -0.39 is 23.1 Å². The number of rotatable bonds is 3. The number of amides is 1. The highest BCUT2D eigenvalue weighted by molar-refractivity contribution is 6.30. The van der Waals surface area contributed by atoms with Crippen molar-refractivity contribution in [1.82, 2.24) is 4.90 Å². The summed E-state index contributed by atoms with van der Waals surface area (Å²) < 4.78 is 14.5. The molecule has 1 N–H and O–H groups in total. The predicted octanol–water partition coefficient (Wildman–Crippen LogP) is 4.08. The van der Waals surface area contributed by atoms with E-state index in [1.807, 2.05) is 0 Å². The van der Waals surface area contributed by atoms with Crippen molar-refractivity contribution >= 4 is 23.5 Å². The fourth-order valence-corrected chi connectivity index (χ4v) is 3.12. The topological polar surface area (TPSA) is 57.6 Å². The van der Waals surface area contributed by atoms with E-state index in [2.05, 4.69) is 0 Å². The zero-order valence-electron chi connectivity index (χ0n) is 13.6. The van der Waals surface area contributed by atoms with Gasteiger partial charge in [0.25, 0.3) is 5.91 Å². The molecule has 2 aromatic carbocycles. The number of carboxylic acid groups (broad SMARTS) is 1. The van der Waals surface area contributed by atoms with E-state index in [4.69, 9.17) is 11.6 Å². The minimum atomic E-state index is -0.977. The molecule has 6 heteroatoms. The van der Waals surface area contributed by atoms with Crippen LogP contribution in [0.3, 0.4) is 0 Å². The van der Waals surface area contributed by atoms with Crippen LogP contribution in [-0.4, -0.2) is 35.0 Å². The maximum atomic E-state index is 14.5. The zero-order chi connectivity index (χ0) is 18.2. The molecule has 1 unspecified atom stereocenters. The molecule has 0 bridgehead atoms. The molecule has 0 aliphatic carbocycles. The molecular formula is C19H17ClFNO3. The molecule has 1 aliphatic heterocycles. The van der Waals surface area contributed by atoms with E-state index in [0.29, 0.717) is 23.6 Å². The average Bonchev–Trinajstić information content (AvgIpc) is 2.99. The number of carbonyl (C=O) groups is 2. The molecule has 1 aliphatic rings. The van der Waals surface area contributed by atoms with Crippen molar-refractivity contribution in [2.24, 2.45) is 5.41 Å². The lowest BCUT2D eigenvalue weighted by atomic mass is 9.90. The van der Waals surface area contributed by atoms with Gasteiger partial charge in [-0.3, -0.25) is 9.59 Å². The lowest BCUT2D eigenvalue weighted by Gasteiger charge is -2.20. The van der Waals surface area contributed by atoms with E-state index in [1.54, 1.807) is 37.3 Å². The first kappa shape index (κ1) is 17.4. The summed E-state index contributed by atoms with van der Waals surface area (Å²) in [4.78, 5) is 25.2. The Morgan fingerprint density at radius 1 is 1.16 bits per heavy atom. The van der Waals surface area contributed by atoms with Gasteiger partial charge in [0.15, 0.2) is 0 Å². The van der Waals surface area contributed by atoms with Gasteiger partial charge in [0.2, 0.25) is 0 Å². The number of hydrogen-bond donors (Lipinski definition) is 1. The third-order valence-corrected chi connectivity index (χ3v) is 4.91. The smallest absolute Gasteiger partial charge is 0.311 e. The Kier molecular flexibility index (Phi) is 4.52. The molecule has 1 amide bonds. The quantitative estimate of drug-likeness (QED) is 0.896. The zero-order valence-corrected chi connectivity index (χ0v) is 14.4. The highest BCUT2D eigenvalue weighted by Crippen LogP contribution is 2.32. The van der Waals surface area contributed by atoms with Crippen molar-refractivity contribution in [1.29, 1.82) is 0 Å². The molecule has 0 spiro atoms. The Labute approximate surface area is 149 Å². The fraction of sp³-hybridized carbons (Fsp3) is 0.263. The summed E-state index contributed by atoms with van der Waals surface area (Å²) in [7, 11) is 0. The first-order valence-corrected chi connectivity index (χ1v) is 8.26. The molecule has 1 heterocycles. The lowest BCUT2D eigenvalue weighted by Crippen LogP contribution is -2.35. The van der Waals surface area contributed by atoms with Crippen LogP contribution in [0.4, 0.5) is 4.39 Å². The van der Waals surface area contributed by atoms with E-state index in [1.165, 1.54) is 17.0 Å². The Bertz CT molecular complexity index is 837. The van der Waals surface area contributed by atoms with Gasteiger partial charge < -0.3 is 10.0 Å². The third kappa shape index (κ3) is 3.37. The predicted molar refractivity (Wildman–Crippen MR) is 93.1 cm³/mol. The molecule has 3 rings (SSSR count). The minimum Gasteiger partial charge on any atom is -0.481 e. The molecule has 0 radical (unpaired) electrons. The number of carbonyl (C=O) groups excluding carboxylic acids is 1. The van der Waals surface area contributed by atoms with Crippen LogP contribution in [0.5, 0.6) is 0 Å². The van der Waals surface area contributed by atoms with Gasteiger partial charge in [-0.2, -0.15) is 0 Å². The van der Waals surface area contributed by atoms with Crippen LogP contribution < -0.4 is 0 Å². The van der Waals surface area contributed by atoms with Gasteiger partial charge in [0.05, 0.1) is 11.0 Å². The molecular weight excluding hydrogens is 345 g/mol. The number of halogens is 2. The van der Waals surface area contributed by atoms with Crippen LogP contribution in [0.25, 0.3) is 11.1 Å². The van der Waals surface area contributed by atoms with E-state index >= 15 is 0 Å². The third-order valence-electron chi connectivity index (χ3n) is 4.65. The van der Waals surface area contributed by atoms with Gasteiger partial charge in [-0.1, -0.05) is 29.8 Å². The van der Waals surface area contributed by atoms with Crippen LogP contribution in [0.1, 0.15) is 23.7 Å². The van der Waals surface area contributed by atoms with Crippen LogP contribution in [0.2, 0.25) is 5.02 Å². The summed E-state index contributed by atoms with van der Waals surface area (Å²) in [5.41, 5.74) is 0.409. The van der Waals surface area contributed by atoms with Gasteiger partial charge in [0.1, 0.15) is 5.82 Å². The summed E-state index contributed by atoms with van der Waals surface area (Å²) >= 11 is 5.85. The largest absolute Gasteiger partial charge is 0.481 e. The van der Waals surface area contributed by atoms with E-state index in [0.717, 1.165) is 5.56 Å². The van der Waals surface area contributed by atoms with Crippen molar-refractivity contribution < 1.29 is 19.1 Å². The van der Waals surface area contributed by atoms with E-state index in [9.17, 15) is 19.1 Å². The number of nitrogens with zero attached hydrogens (tertiary/aromatic N) is 1. The van der Waals surface area contributed by atoms with Gasteiger partial charge in [0, 0.05) is 18.1 Å². The first-order chi connectivity index (χ1) is 11.8. The second-order valence-electron chi connectivity index (χ2n) is 6.54. The summed E-state index contributed by atoms with van der Waals surface area (Å²) in [6.45, 7) is 1.99. The summed E-state index contributed by atoms with van der Waals surface area (Å²) in [5.74, 6) is -2.05. The Morgan fingerprint density at radius 2 is 1.80 bits per heavy atom. The lowest BCUT2D eigenvalue weighted by molar-refractivity contribution is -0.147. The van der Waals surface area contributed by atoms with Gasteiger partial charge in [-0.15, -0.1) is 0 Å². The molecule has 0 saturated carbocycles. The number of benzene rings is 2. The van der Waals surface area contributed by atoms with Gasteiger partial charge in [-0.05, 0) is 48.7 Å². The van der Waals surface area contributed by atoms with Crippen LogP contribution >= 0.6 is 11.6 Å². The highest BCUT2D eigenvalue weighted by Gasteiger charge is 2.42.